The number of benzene rings is 1. The summed E-state index contributed by atoms with van der Waals surface area (Å²) < 4.78 is 7.48. The van der Waals surface area contributed by atoms with Crippen molar-refractivity contribution in [3.8, 4) is 5.75 Å². The Kier molecular flexibility index (Phi) is 3.82. The first kappa shape index (κ1) is 13.3. The lowest BCUT2D eigenvalue weighted by molar-refractivity contribution is 0.414. The zero-order valence-corrected chi connectivity index (χ0v) is 12.3. The average Bonchev–Trinajstić information content (AvgIpc) is 2.67. The van der Waals surface area contributed by atoms with E-state index in [1.807, 2.05) is 18.2 Å². The summed E-state index contributed by atoms with van der Waals surface area (Å²) in [6, 6.07) is 5.72. The summed E-state index contributed by atoms with van der Waals surface area (Å²) in [5.74, 6) is 1.86. The number of rotatable bonds is 3. The van der Waals surface area contributed by atoms with Gasteiger partial charge in [0.05, 0.1) is 7.11 Å². The van der Waals surface area contributed by atoms with Gasteiger partial charge in [-0.15, -0.1) is 10.2 Å². The lowest BCUT2D eigenvalue weighted by Crippen LogP contribution is -2.02. The molecular weight excluding hydrogens is 272 g/mol. The average molecular weight is 290 g/mol. The monoisotopic (exact) mass is 290 g/mol. The lowest BCUT2D eigenvalue weighted by Gasteiger charge is -2.08. The van der Waals surface area contributed by atoms with Gasteiger partial charge in [0.25, 0.3) is 0 Å². The Morgan fingerprint density at radius 2 is 2.10 bits per heavy atom. The summed E-state index contributed by atoms with van der Waals surface area (Å²) in [4.78, 5) is 1.03. The Labute approximate surface area is 122 Å². The smallest absolute Gasteiger partial charge is 0.196 e. The van der Waals surface area contributed by atoms with Crippen LogP contribution in [0.15, 0.2) is 28.3 Å². The molecule has 0 radical (unpaired) electrons. The van der Waals surface area contributed by atoms with Gasteiger partial charge < -0.3 is 15.0 Å². The molecule has 3 rings (SSSR count). The van der Waals surface area contributed by atoms with Crippen molar-refractivity contribution in [2.45, 2.75) is 42.3 Å². The van der Waals surface area contributed by atoms with Crippen LogP contribution < -0.4 is 10.5 Å². The minimum Gasteiger partial charge on any atom is -0.497 e. The number of ether oxygens (including phenoxy) is 1. The summed E-state index contributed by atoms with van der Waals surface area (Å²) in [7, 11) is 1.65. The van der Waals surface area contributed by atoms with E-state index in [-0.39, 0.29) is 0 Å². The zero-order chi connectivity index (χ0) is 13.9. The maximum Gasteiger partial charge on any atom is 0.196 e. The fourth-order valence-electron chi connectivity index (χ4n) is 2.41. The Balaban J connectivity index is 1.88. The predicted octanol–water partition coefficient (Wildman–Crippen LogP) is 2.75. The van der Waals surface area contributed by atoms with Crippen molar-refractivity contribution in [3.05, 3.63) is 24.0 Å². The second-order valence-electron chi connectivity index (χ2n) is 4.91. The maximum atomic E-state index is 5.89. The number of nitrogens with two attached hydrogens (primary N) is 1. The molecule has 106 valence electrons. The van der Waals surface area contributed by atoms with E-state index in [1.54, 1.807) is 18.9 Å². The molecule has 1 aliphatic heterocycles. The molecule has 0 saturated carbocycles. The number of methoxy groups -OCH3 is 1. The minimum absolute atomic E-state index is 0.697. The first-order valence-electron chi connectivity index (χ1n) is 6.81. The van der Waals surface area contributed by atoms with Gasteiger partial charge in [0.2, 0.25) is 0 Å². The quantitative estimate of drug-likeness (QED) is 0.880. The third-order valence-corrected chi connectivity index (χ3v) is 4.38. The second-order valence-corrected chi connectivity index (χ2v) is 5.95. The van der Waals surface area contributed by atoms with Crippen LogP contribution in [0.1, 0.15) is 25.1 Å². The molecule has 0 unspecified atom stereocenters. The summed E-state index contributed by atoms with van der Waals surface area (Å²) in [6.07, 6.45) is 4.68. The van der Waals surface area contributed by atoms with Gasteiger partial charge in [0.15, 0.2) is 5.16 Å². The van der Waals surface area contributed by atoms with Crippen LogP contribution in [-0.4, -0.2) is 21.9 Å². The molecule has 1 aliphatic rings. The summed E-state index contributed by atoms with van der Waals surface area (Å²) >= 11 is 1.59. The number of hydrogen-bond acceptors (Lipinski definition) is 5. The number of aryl methyl sites for hydroxylation is 1. The van der Waals surface area contributed by atoms with Crippen molar-refractivity contribution in [1.82, 2.24) is 14.8 Å². The Hall–Kier alpha value is -1.69. The van der Waals surface area contributed by atoms with E-state index in [2.05, 4.69) is 14.8 Å². The summed E-state index contributed by atoms with van der Waals surface area (Å²) in [5, 5.41) is 9.56. The molecule has 0 saturated heterocycles. The van der Waals surface area contributed by atoms with Crippen molar-refractivity contribution in [2.24, 2.45) is 0 Å². The topological polar surface area (TPSA) is 66.0 Å². The van der Waals surface area contributed by atoms with Gasteiger partial charge >= 0.3 is 0 Å². The van der Waals surface area contributed by atoms with Crippen LogP contribution in [0, 0.1) is 0 Å². The highest BCUT2D eigenvalue weighted by Gasteiger charge is 2.15. The molecule has 0 fully saturated rings. The molecule has 0 bridgehead atoms. The third-order valence-electron chi connectivity index (χ3n) is 3.42. The van der Waals surface area contributed by atoms with Crippen molar-refractivity contribution in [2.75, 3.05) is 12.8 Å². The van der Waals surface area contributed by atoms with Crippen LogP contribution in [0.5, 0.6) is 5.75 Å². The first-order valence-corrected chi connectivity index (χ1v) is 7.62. The molecular formula is C14H18N4OS. The largest absolute Gasteiger partial charge is 0.497 e. The molecule has 1 aromatic carbocycles. The normalized spacial score (nSPS) is 14.7. The zero-order valence-electron chi connectivity index (χ0n) is 11.5. The maximum absolute atomic E-state index is 5.89. The first-order chi connectivity index (χ1) is 9.76. The molecule has 0 aliphatic carbocycles. The van der Waals surface area contributed by atoms with E-state index in [0.29, 0.717) is 5.69 Å². The standard InChI is InChI=1S/C14H18N4OS/c1-19-11-7-10(15)8-12(9-11)20-14-17-16-13-5-3-2-4-6-18(13)14/h7-9H,2-6,15H2,1H3. The van der Waals surface area contributed by atoms with Gasteiger partial charge in [-0.2, -0.15) is 0 Å². The predicted molar refractivity (Wildman–Crippen MR) is 79.1 cm³/mol. The summed E-state index contributed by atoms with van der Waals surface area (Å²) in [5.41, 5.74) is 6.59. The Morgan fingerprint density at radius 1 is 1.20 bits per heavy atom. The molecule has 0 spiro atoms. The molecule has 20 heavy (non-hydrogen) atoms. The number of hydrogen-bond donors (Lipinski definition) is 1. The van der Waals surface area contributed by atoms with Gasteiger partial charge in [-0.25, -0.2) is 0 Å². The molecule has 1 aromatic heterocycles. The van der Waals surface area contributed by atoms with Gasteiger partial charge in [-0.3, -0.25) is 0 Å². The van der Waals surface area contributed by atoms with Crippen molar-refractivity contribution < 1.29 is 4.74 Å². The number of aromatic nitrogens is 3. The highest BCUT2D eigenvalue weighted by atomic mass is 32.2. The van der Waals surface area contributed by atoms with Crippen molar-refractivity contribution >= 4 is 17.4 Å². The van der Waals surface area contributed by atoms with E-state index in [1.165, 1.54) is 19.3 Å². The highest BCUT2D eigenvalue weighted by molar-refractivity contribution is 7.99. The van der Waals surface area contributed by atoms with E-state index < -0.39 is 0 Å². The van der Waals surface area contributed by atoms with E-state index >= 15 is 0 Å². The van der Waals surface area contributed by atoms with Crippen LogP contribution >= 0.6 is 11.8 Å². The number of anilines is 1. The lowest BCUT2D eigenvalue weighted by atomic mass is 10.2. The number of nitrogens with zero attached hydrogens (tertiary/aromatic N) is 3. The van der Waals surface area contributed by atoms with Gasteiger partial charge in [-0.1, -0.05) is 6.42 Å². The fourth-order valence-corrected chi connectivity index (χ4v) is 3.38. The Bertz CT molecular complexity index is 611. The highest BCUT2D eigenvalue weighted by Crippen LogP contribution is 2.32. The van der Waals surface area contributed by atoms with Crippen molar-refractivity contribution in [3.63, 3.8) is 0 Å². The summed E-state index contributed by atoms with van der Waals surface area (Å²) in [6.45, 7) is 1.00. The fraction of sp³-hybridized carbons (Fsp3) is 0.429. The van der Waals surface area contributed by atoms with E-state index in [0.717, 1.165) is 34.6 Å². The van der Waals surface area contributed by atoms with Crippen LogP contribution in [0.2, 0.25) is 0 Å². The molecule has 5 nitrogen and oxygen atoms in total. The van der Waals surface area contributed by atoms with Crippen LogP contribution in [0.3, 0.4) is 0 Å². The second kappa shape index (κ2) is 5.75. The van der Waals surface area contributed by atoms with Gasteiger partial charge in [0, 0.05) is 29.6 Å². The molecule has 0 atom stereocenters. The van der Waals surface area contributed by atoms with Crippen LogP contribution in [0.25, 0.3) is 0 Å². The number of fused-ring (bicyclic) bond motifs is 1. The minimum atomic E-state index is 0.697. The Morgan fingerprint density at radius 3 is 2.95 bits per heavy atom. The molecule has 2 N–H and O–H groups in total. The van der Waals surface area contributed by atoms with Gasteiger partial charge in [-0.05, 0) is 36.7 Å². The molecule has 2 aromatic rings. The van der Waals surface area contributed by atoms with E-state index in [9.17, 15) is 0 Å². The van der Waals surface area contributed by atoms with E-state index in [4.69, 9.17) is 10.5 Å². The SMILES string of the molecule is COc1cc(N)cc(Sc2nnc3n2CCCCC3)c1. The number of nitrogen functional groups attached to an aromatic ring is 1. The molecule has 2 heterocycles. The van der Waals surface area contributed by atoms with Gasteiger partial charge in [0.1, 0.15) is 11.6 Å². The van der Waals surface area contributed by atoms with Crippen LogP contribution in [-0.2, 0) is 13.0 Å². The van der Waals surface area contributed by atoms with Crippen molar-refractivity contribution in [1.29, 1.82) is 0 Å². The van der Waals surface area contributed by atoms with Crippen LogP contribution in [0.4, 0.5) is 5.69 Å². The molecule has 0 amide bonds. The molecule has 6 heteroatoms. The third kappa shape index (κ3) is 2.75.